The minimum atomic E-state index is -0.954. The SMILES string of the molecule is CC(=O)O.CC(=O)O.CC(=O)O.CCCC(=O)OCC(COC(=O)CCC)OC(=O)CCC.OCC(O)CO. The Balaban J connectivity index is -0.000000172. The van der Waals surface area contributed by atoms with Gasteiger partial charge in [-0.05, 0) is 19.3 Å². The summed E-state index contributed by atoms with van der Waals surface area (Å²) < 4.78 is 15.2. The molecule has 0 aliphatic rings. The van der Waals surface area contributed by atoms with Gasteiger partial charge in [-0.25, -0.2) is 0 Å². The molecule has 0 aliphatic heterocycles. The van der Waals surface area contributed by atoms with Crippen molar-refractivity contribution in [2.24, 2.45) is 0 Å². The number of rotatable bonds is 13. The van der Waals surface area contributed by atoms with Gasteiger partial charge < -0.3 is 44.8 Å². The van der Waals surface area contributed by atoms with Gasteiger partial charge in [0.15, 0.2) is 6.10 Å². The molecule has 232 valence electrons. The summed E-state index contributed by atoms with van der Waals surface area (Å²) in [4.78, 5) is 61.1. The molecule has 0 aromatic heterocycles. The van der Waals surface area contributed by atoms with E-state index in [1.165, 1.54) is 0 Å². The molecule has 0 saturated heterocycles. The van der Waals surface area contributed by atoms with Crippen molar-refractivity contribution < 1.29 is 73.6 Å². The molecule has 0 aliphatic carbocycles. The highest BCUT2D eigenvalue weighted by Gasteiger charge is 2.18. The molecule has 0 heterocycles. The van der Waals surface area contributed by atoms with Gasteiger partial charge in [0.2, 0.25) is 0 Å². The molecule has 6 N–H and O–H groups in total. The molecule has 0 amide bonds. The molecule has 0 spiro atoms. The number of carbonyl (C=O) groups excluding carboxylic acids is 3. The van der Waals surface area contributed by atoms with Gasteiger partial charge in [-0.2, -0.15) is 0 Å². The van der Waals surface area contributed by atoms with E-state index in [0.29, 0.717) is 32.1 Å². The Hall–Kier alpha value is -3.30. The molecule has 0 fully saturated rings. The predicted octanol–water partition coefficient (Wildman–Crippen LogP) is 0.990. The van der Waals surface area contributed by atoms with Crippen molar-refractivity contribution in [3.8, 4) is 0 Å². The zero-order chi connectivity index (χ0) is 31.8. The van der Waals surface area contributed by atoms with Crippen molar-refractivity contribution in [1.82, 2.24) is 0 Å². The van der Waals surface area contributed by atoms with Crippen molar-refractivity contribution in [3.05, 3.63) is 0 Å². The van der Waals surface area contributed by atoms with Crippen LogP contribution in [0.25, 0.3) is 0 Å². The first kappa shape index (κ1) is 45.6. The number of aliphatic hydroxyl groups is 3. The lowest BCUT2D eigenvalue weighted by atomic mass is 10.3. The van der Waals surface area contributed by atoms with Gasteiger partial charge >= 0.3 is 17.9 Å². The number of esters is 3. The summed E-state index contributed by atoms with van der Waals surface area (Å²) in [5, 5.41) is 46.3. The van der Waals surface area contributed by atoms with Gasteiger partial charge in [0.05, 0.1) is 13.2 Å². The molecule has 0 rings (SSSR count). The maximum Gasteiger partial charge on any atom is 0.306 e. The zero-order valence-corrected chi connectivity index (χ0v) is 23.6. The number of carbonyl (C=O) groups is 6. The highest BCUT2D eigenvalue weighted by atomic mass is 16.6. The van der Waals surface area contributed by atoms with Gasteiger partial charge in [0, 0.05) is 40.0 Å². The van der Waals surface area contributed by atoms with E-state index in [1.807, 2.05) is 20.8 Å². The minimum absolute atomic E-state index is 0.0896. The summed E-state index contributed by atoms with van der Waals surface area (Å²) in [6.07, 6.45) is 1.24. The Morgan fingerprint density at radius 1 is 0.590 bits per heavy atom. The topological polar surface area (TPSA) is 251 Å². The van der Waals surface area contributed by atoms with Crippen molar-refractivity contribution in [3.63, 3.8) is 0 Å². The average molecular weight is 575 g/mol. The summed E-state index contributed by atoms with van der Waals surface area (Å²) in [6, 6.07) is 0. The van der Waals surface area contributed by atoms with Gasteiger partial charge in [-0.1, -0.05) is 20.8 Å². The van der Waals surface area contributed by atoms with Crippen LogP contribution in [0.5, 0.6) is 0 Å². The molecule has 15 heteroatoms. The molecular weight excluding hydrogens is 528 g/mol. The second kappa shape index (κ2) is 34.7. The molecule has 39 heavy (non-hydrogen) atoms. The maximum absolute atomic E-state index is 11.5. The van der Waals surface area contributed by atoms with Crippen LogP contribution in [0.1, 0.15) is 80.1 Å². The van der Waals surface area contributed by atoms with Crippen molar-refractivity contribution in [2.75, 3.05) is 26.4 Å². The largest absolute Gasteiger partial charge is 0.481 e. The molecule has 15 nitrogen and oxygen atoms in total. The number of ether oxygens (including phenoxy) is 3. The Morgan fingerprint density at radius 3 is 1.05 bits per heavy atom. The van der Waals surface area contributed by atoms with Gasteiger partial charge in [-0.3, -0.25) is 28.8 Å². The van der Waals surface area contributed by atoms with Crippen LogP contribution in [0.15, 0.2) is 0 Å². The fourth-order valence-corrected chi connectivity index (χ4v) is 1.55. The number of carboxylic acid groups (broad SMARTS) is 3. The average Bonchev–Trinajstić information content (AvgIpc) is 2.80. The van der Waals surface area contributed by atoms with E-state index in [4.69, 9.17) is 59.2 Å². The summed E-state index contributed by atoms with van der Waals surface area (Å²) in [7, 11) is 0. The van der Waals surface area contributed by atoms with E-state index >= 15 is 0 Å². The van der Waals surface area contributed by atoms with Crippen molar-refractivity contribution in [2.45, 2.75) is 92.3 Å². The van der Waals surface area contributed by atoms with E-state index in [2.05, 4.69) is 0 Å². The standard InChI is InChI=1S/C15H26O6.C3H8O3.3C2H4O2/c1-4-7-13(16)19-10-12(21-15(18)9-6-3)11-20-14(17)8-5-2;4-1-3(6)2-5;3*1-2(3)4/h12H,4-11H2,1-3H3;3-6H,1-2H2;3*1H3,(H,3,4). The van der Waals surface area contributed by atoms with E-state index < -0.39 is 30.1 Å². The highest BCUT2D eigenvalue weighted by Crippen LogP contribution is 2.03. The third-order valence-corrected chi connectivity index (χ3v) is 2.94. The molecule has 0 bridgehead atoms. The number of hydrogen-bond donors (Lipinski definition) is 6. The molecule has 0 saturated carbocycles. The monoisotopic (exact) mass is 574 g/mol. The summed E-state index contributed by atoms with van der Waals surface area (Å²) in [5.74, 6) is -3.59. The zero-order valence-electron chi connectivity index (χ0n) is 23.6. The van der Waals surface area contributed by atoms with Gasteiger partial charge in [0.1, 0.15) is 19.3 Å². The first-order chi connectivity index (χ1) is 18.0. The number of aliphatic carboxylic acids is 3. The van der Waals surface area contributed by atoms with Crippen molar-refractivity contribution in [1.29, 1.82) is 0 Å². The van der Waals surface area contributed by atoms with Crippen molar-refractivity contribution >= 4 is 35.8 Å². The third-order valence-electron chi connectivity index (χ3n) is 2.94. The third kappa shape index (κ3) is 66.1. The van der Waals surface area contributed by atoms with E-state index in [-0.39, 0.29) is 50.8 Å². The molecule has 0 aromatic rings. The molecule has 0 radical (unpaired) electrons. The maximum atomic E-state index is 11.5. The normalized spacial score (nSPS) is 9.00. The van der Waals surface area contributed by atoms with Crippen LogP contribution >= 0.6 is 0 Å². The fraction of sp³-hybridized carbons (Fsp3) is 0.750. The predicted molar refractivity (Wildman–Crippen MR) is 137 cm³/mol. The Bertz CT molecular complexity index is 583. The minimum Gasteiger partial charge on any atom is -0.481 e. The lowest BCUT2D eigenvalue weighted by Crippen LogP contribution is -2.30. The Labute approximate surface area is 228 Å². The first-order valence-electron chi connectivity index (χ1n) is 12.0. The van der Waals surface area contributed by atoms with Crippen LogP contribution < -0.4 is 0 Å². The molecule has 0 atom stereocenters. The van der Waals surface area contributed by atoms with Crippen LogP contribution in [-0.4, -0.2) is 105 Å². The van der Waals surface area contributed by atoms with E-state index in [1.54, 1.807) is 0 Å². The Morgan fingerprint density at radius 2 is 0.846 bits per heavy atom. The molecular formula is C24H46O15. The second-order valence-corrected chi connectivity index (χ2v) is 7.30. The van der Waals surface area contributed by atoms with Crippen LogP contribution in [0.3, 0.4) is 0 Å². The number of carboxylic acids is 3. The smallest absolute Gasteiger partial charge is 0.306 e. The molecule has 0 aromatic carbocycles. The van der Waals surface area contributed by atoms with Crippen LogP contribution in [-0.2, 0) is 43.0 Å². The van der Waals surface area contributed by atoms with Gasteiger partial charge in [0.25, 0.3) is 17.9 Å². The lowest BCUT2D eigenvalue weighted by molar-refractivity contribution is -0.166. The van der Waals surface area contributed by atoms with E-state index in [9.17, 15) is 14.4 Å². The quantitative estimate of drug-likeness (QED) is 0.132. The summed E-state index contributed by atoms with van der Waals surface area (Å²) in [5.41, 5.74) is 0. The second-order valence-electron chi connectivity index (χ2n) is 7.30. The van der Waals surface area contributed by atoms with Crippen LogP contribution in [0.4, 0.5) is 0 Å². The highest BCUT2D eigenvalue weighted by molar-refractivity contribution is 5.71. The molecule has 0 unspecified atom stereocenters. The first-order valence-corrected chi connectivity index (χ1v) is 12.0. The number of hydrogen-bond acceptors (Lipinski definition) is 12. The van der Waals surface area contributed by atoms with E-state index in [0.717, 1.165) is 20.8 Å². The van der Waals surface area contributed by atoms with Gasteiger partial charge in [-0.15, -0.1) is 0 Å². The number of aliphatic hydroxyl groups excluding tert-OH is 3. The summed E-state index contributed by atoms with van der Waals surface area (Å²) in [6.45, 7) is 7.94. The fourth-order valence-electron chi connectivity index (χ4n) is 1.55. The summed E-state index contributed by atoms with van der Waals surface area (Å²) >= 11 is 0. The van der Waals surface area contributed by atoms with Crippen LogP contribution in [0, 0.1) is 0 Å². The van der Waals surface area contributed by atoms with Crippen LogP contribution in [0.2, 0.25) is 0 Å². The lowest BCUT2D eigenvalue weighted by Gasteiger charge is -2.18. The Kier molecular flexibility index (Phi) is 40.6.